The number of esters is 2. The molecule has 1 N–H and O–H groups in total. The van der Waals surface area contributed by atoms with E-state index in [2.05, 4.69) is 20.2 Å². The molecule has 11 heteroatoms. The van der Waals surface area contributed by atoms with Crippen molar-refractivity contribution in [1.82, 2.24) is 20.2 Å². The fourth-order valence-corrected chi connectivity index (χ4v) is 3.87. The van der Waals surface area contributed by atoms with Crippen molar-refractivity contribution in [2.75, 3.05) is 19.1 Å². The van der Waals surface area contributed by atoms with Gasteiger partial charge in [0.25, 0.3) is 11.8 Å². The molecule has 3 aromatic heterocycles. The van der Waals surface area contributed by atoms with Gasteiger partial charge in [0.05, 0.1) is 53.2 Å². The first-order valence-electron chi connectivity index (χ1n) is 9.92. The molecular weight excluding hydrogens is 442 g/mol. The van der Waals surface area contributed by atoms with Crippen molar-refractivity contribution in [1.29, 1.82) is 0 Å². The number of fused-ring (bicyclic) bond motifs is 3. The molecule has 0 aliphatic carbocycles. The molecule has 34 heavy (non-hydrogen) atoms. The highest BCUT2D eigenvalue weighted by molar-refractivity contribution is 6.38. The van der Waals surface area contributed by atoms with Crippen molar-refractivity contribution < 1.29 is 28.7 Å². The SMILES string of the molecule is COC(=O)c1cc(C(=O)OC)cc(N2C(=O)c3cnc4n[nH]c(-c5ccncc5)c4c3C2=O)c1. The molecule has 1 aromatic carbocycles. The maximum Gasteiger partial charge on any atom is 0.337 e. The van der Waals surface area contributed by atoms with Crippen LogP contribution in [0.3, 0.4) is 0 Å². The van der Waals surface area contributed by atoms with Crippen LogP contribution in [0.2, 0.25) is 0 Å². The lowest BCUT2D eigenvalue weighted by molar-refractivity contribution is 0.0598. The van der Waals surface area contributed by atoms with Gasteiger partial charge >= 0.3 is 11.9 Å². The topological polar surface area (TPSA) is 144 Å². The van der Waals surface area contributed by atoms with E-state index >= 15 is 0 Å². The molecule has 1 aliphatic heterocycles. The number of nitrogens with zero attached hydrogens (tertiary/aromatic N) is 4. The van der Waals surface area contributed by atoms with Gasteiger partial charge in [-0.2, -0.15) is 5.10 Å². The third-order valence-electron chi connectivity index (χ3n) is 5.42. The first kappa shape index (κ1) is 20.9. The van der Waals surface area contributed by atoms with E-state index in [1.54, 1.807) is 24.5 Å². The van der Waals surface area contributed by atoms with Gasteiger partial charge in [-0.25, -0.2) is 19.5 Å². The van der Waals surface area contributed by atoms with Crippen LogP contribution >= 0.6 is 0 Å². The number of pyridine rings is 2. The molecule has 0 atom stereocenters. The summed E-state index contributed by atoms with van der Waals surface area (Å²) in [6, 6.07) is 7.31. The molecule has 11 nitrogen and oxygen atoms in total. The second-order valence-corrected chi connectivity index (χ2v) is 7.28. The Labute approximate surface area is 191 Å². The molecule has 5 rings (SSSR count). The quantitative estimate of drug-likeness (QED) is 0.361. The third-order valence-corrected chi connectivity index (χ3v) is 5.42. The van der Waals surface area contributed by atoms with E-state index in [-0.39, 0.29) is 33.6 Å². The first-order valence-corrected chi connectivity index (χ1v) is 9.92. The molecular formula is C23H15N5O6. The Kier molecular flexibility index (Phi) is 4.86. The lowest BCUT2D eigenvalue weighted by Gasteiger charge is -2.16. The number of anilines is 1. The second-order valence-electron chi connectivity index (χ2n) is 7.28. The summed E-state index contributed by atoms with van der Waals surface area (Å²) in [6.45, 7) is 0. The summed E-state index contributed by atoms with van der Waals surface area (Å²) in [5.74, 6) is -2.80. The number of nitrogens with one attached hydrogen (secondary N) is 1. The smallest absolute Gasteiger partial charge is 0.337 e. The molecule has 2 amide bonds. The molecule has 0 radical (unpaired) electrons. The number of carbonyl (C=O) groups excluding carboxylic acids is 4. The highest BCUT2D eigenvalue weighted by Crippen LogP contribution is 2.36. The summed E-state index contributed by atoms with van der Waals surface area (Å²) in [5, 5.41) is 7.41. The Bertz CT molecular complexity index is 1480. The van der Waals surface area contributed by atoms with Gasteiger partial charge in [-0.1, -0.05) is 0 Å². The predicted octanol–water partition coefficient (Wildman–Crippen LogP) is 2.39. The number of hydrogen-bond acceptors (Lipinski definition) is 9. The highest BCUT2D eigenvalue weighted by Gasteiger charge is 2.40. The lowest BCUT2D eigenvalue weighted by Crippen LogP contribution is -2.30. The maximum atomic E-state index is 13.6. The Morgan fingerprint density at radius 2 is 1.59 bits per heavy atom. The van der Waals surface area contributed by atoms with Crippen molar-refractivity contribution >= 4 is 40.5 Å². The van der Waals surface area contributed by atoms with Gasteiger partial charge in [-0.15, -0.1) is 0 Å². The molecule has 168 valence electrons. The maximum absolute atomic E-state index is 13.6. The van der Waals surface area contributed by atoms with Crippen LogP contribution in [0.4, 0.5) is 5.69 Å². The number of hydrogen-bond donors (Lipinski definition) is 1. The monoisotopic (exact) mass is 457 g/mol. The normalized spacial score (nSPS) is 12.7. The Balaban J connectivity index is 1.70. The summed E-state index contributed by atoms with van der Waals surface area (Å²) in [4.78, 5) is 60.4. The van der Waals surface area contributed by atoms with Crippen LogP contribution in [0.1, 0.15) is 41.4 Å². The average molecular weight is 457 g/mol. The minimum atomic E-state index is -0.748. The van der Waals surface area contributed by atoms with E-state index in [1.165, 1.54) is 38.6 Å². The summed E-state index contributed by atoms with van der Waals surface area (Å²) in [5.41, 5.74) is 1.59. The van der Waals surface area contributed by atoms with Crippen LogP contribution in [0.15, 0.2) is 48.9 Å². The number of imide groups is 1. The molecule has 4 heterocycles. The van der Waals surface area contributed by atoms with Gasteiger partial charge in [-0.3, -0.25) is 19.7 Å². The summed E-state index contributed by atoms with van der Waals surface area (Å²) >= 11 is 0. The van der Waals surface area contributed by atoms with E-state index < -0.39 is 23.8 Å². The average Bonchev–Trinajstić information content (AvgIpc) is 3.41. The molecule has 0 saturated carbocycles. The van der Waals surface area contributed by atoms with Gasteiger partial charge < -0.3 is 9.47 Å². The molecule has 0 bridgehead atoms. The number of aromatic amines is 1. The molecule has 4 aromatic rings. The minimum absolute atomic E-state index is 0.0107. The fraction of sp³-hybridized carbons (Fsp3) is 0.0870. The molecule has 1 aliphatic rings. The lowest BCUT2D eigenvalue weighted by atomic mass is 10.0. The van der Waals surface area contributed by atoms with Crippen LogP contribution < -0.4 is 4.90 Å². The number of aromatic nitrogens is 4. The summed E-state index contributed by atoms with van der Waals surface area (Å²) in [7, 11) is 2.35. The highest BCUT2D eigenvalue weighted by atomic mass is 16.5. The van der Waals surface area contributed by atoms with Gasteiger partial charge in [0.1, 0.15) is 0 Å². The van der Waals surface area contributed by atoms with E-state index in [4.69, 9.17) is 9.47 Å². The molecule has 0 saturated heterocycles. The zero-order valence-corrected chi connectivity index (χ0v) is 17.9. The van der Waals surface area contributed by atoms with Crippen LogP contribution in [-0.2, 0) is 9.47 Å². The van der Waals surface area contributed by atoms with Crippen molar-refractivity contribution in [2.24, 2.45) is 0 Å². The van der Waals surface area contributed by atoms with Crippen LogP contribution in [0, 0.1) is 0 Å². The molecule has 0 unspecified atom stereocenters. The van der Waals surface area contributed by atoms with E-state index in [1.807, 2.05) is 0 Å². The number of ether oxygens (including phenoxy) is 2. The standard InChI is InChI=1S/C23H15N5O6/c1-33-22(31)12-7-13(23(32)34-2)9-14(8-12)28-20(29)15-10-25-19-17(16(15)21(28)30)18(26-27-19)11-3-5-24-6-4-11/h3-10H,1-2H3,(H,25,26,27). The van der Waals surface area contributed by atoms with Gasteiger partial charge in [-0.05, 0) is 30.3 Å². The van der Waals surface area contributed by atoms with Crippen LogP contribution in [0.5, 0.6) is 0 Å². The molecule has 0 fully saturated rings. The Morgan fingerprint density at radius 1 is 0.941 bits per heavy atom. The van der Waals surface area contributed by atoms with Crippen molar-refractivity contribution in [2.45, 2.75) is 0 Å². The Hall–Kier alpha value is -4.93. The van der Waals surface area contributed by atoms with Crippen molar-refractivity contribution in [3.63, 3.8) is 0 Å². The zero-order valence-electron chi connectivity index (χ0n) is 17.9. The largest absolute Gasteiger partial charge is 0.465 e. The number of carbonyl (C=O) groups is 4. The Morgan fingerprint density at radius 3 is 2.21 bits per heavy atom. The minimum Gasteiger partial charge on any atom is -0.465 e. The zero-order chi connectivity index (χ0) is 24.0. The summed E-state index contributed by atoms with van der Waals surface area (Å²) < 4.78 is 9.49. The third kappa shape index (κ3) is 3.10. The number of benzene rings is 1. The summed E-state index contributed by atoms with van der Waals surface area (Å²) in [6.07, 6.45) is 4.45. The van der Waals surface area contributed by atoms with Gasteiger partial charge in [0, 0.05) is 24.2 Å². The van der Waals surface area contributed by atoms with Crippen LogP contribution in [0.25, 0.3) is 22.3 Å². The number of H-pyrrole nitrogens is 1. The van der Waals surface area contributed by atoms with E-state index in [9.17, 15) is 19.2 Å². The van der Waals surface area contributed by atoms with Crippen LogP contribution in [-0.4, -0.2) is 58.1 Å². The molecule has 0 spiro atoms. The fourth-order valence-electron chi connectivity index (χ4n) is 3.87. The number of amides is 2. The first-order chi connectivity index (χ1) is 16.4. The van der Waals surface area contributed by atoms with E-state index in [0.29, 0.717) is 16.6 Å². The van der Waals surface area contributed by atoms with Crippen molar-refractivity contribution in [3.8, 4) is 11.3 Å². The van der Waals surface area contributed by atoms with Crippen molar-refractivity contribution in [3.05, 3.63) is 71.2 Å². The van der Waals surface area contributed by atoms with E-state index in [0.717, 1.165) is 4.90 Å². The number of rotatable bonds is 4. The predicted molar refractivity (Wildman–Crippen MR) is 117 cm³/mol. The number of methoxy groups -OCH3 is 2. The second kappa shape index (κ2) is 7.89. The van der Waals surface area contributed by atoms with Gasteiger partial charge in [0.2, 0.25) is 0 Å². The van der Waals surface area contributed by atoms with Gasteiger partial charge in [0.15, 0.2) is 5.65 Å².